The molecule has 0 unspecified atom stereocenters. The second-order valence-corrected chi connectivity index (χ2v) is 5.32. The fourth-order valence-corrected chi connectivity index (χ4v) is 2.88. The molecule has 0 radical (unpaired) electrons. The number of hydrogen-bond donors (Lipinski definition) is 0. The molecule has 2 aromatic heterocycles. The summed E-state index contributed by atoms with van der Waals surface area (Å²) < 4.78 is 11.8. The Morgan fingerprint density at radius 1 is 1.13 bits per heavy atom. The molecule has 0 saturated carbocycles. The quantitative estimate of drug-likeness (QED) is 0.431. The Balaban J connectivity index is 0.00000264. The van der Waals surface area contributed by atoms with Crippen molar-refractivity contribution in [3.05, 3.63) is 34.6 Å². The number of fused-ring (bicyclic) bond motifs is 1. The van der Waals surface area contributed by atoms with Crippen LogP contribution >= 0.6 is 0 Å². The van der Waals surface area contributed by atoms with Crippen LogP contribution in [0.5, 0.6) is 0 Å². The molecule has 0 aliphatic carbocycles. The number of carbonyl (C=O) groups is 2. The second-order valence-electron chi connectivity index (χ2n) is 4.91. The molecular weight excluding hydrogens is 341 g/mol. The Labute approximate surface area is 183 Å². The standard InChI is InChI=1S/C16H19NO4S.K/c1-5-20-15(18)11-12-10(4)7-9(3)8-17(12)13(14(11)22)16(19)21-6-2;/h7-8,22H,5-6H2,1-4H3;/q;+1/p-1. The number of nitrogens with zero attached hydrogens (tertiary/aromatic N) is 1. The second kappa shape index (κ2) is 8.59. The number of aromatic nitrogens is 1. The Bertz CT molecular complexity index is 754. The number of ether oxygens (including phenoxy) is 2. The van der Waals surface area contributed by atoms with Crippen LogP contribution < -0.4 is 51.4 Å². The number of rotatable bonds is 4. The number of aryl methyl sites for hydroxylation is 2. The first-order valence-corrected chi connectivity index (χ1v) is 7.49. The van der Waals surface area contributed by atoms with Gasteiger partial charge in [-0.2, -0.15) is 0 Å². The van der Waals surface area contributed by atoms with E-state index in [9.17, 15) is 9.59 Å². The molecule has 118 valence electrons. The number of carbonyl (C=O) groups excluding carboxylic acids is 2. The molecule has 0 aliphatic rings. The Kier molecular flexibility index (Phi) is 7.70. The minimum atomic E-state index is -0.539. The van der Waals surface area contributed by atoms with Gasteiger partial charge in [0, 0.05) is 6.20 Å². The summed E-state index contributed by atoms with van der Waals surface area (Å²) in [5, 5.41) is 0. The molecule has 2 heterocycles. The maximum absolute atomic E-state index is 12.3. The minimum absolute atomic E-state index is 0. The van der Waals surface area contributed by atoms with Gasteiger partial charge in [-0.15, -0.1) is 4.90 Å². The van der Waals surface area contributed by atoms with E-state index >= 15 is 0 Å². The third kappa shape index (κ3) is 3.97. The largest absolute Gasteiger partial charge is 1.00 e. The van der Waals surface area contributed by atoms with Crippen molar-refractivity contribution in [1.82, 2.24) is 4.40 Å². The van der Waals surface area contributed by atoms with Gasteiger partial charge in [0.15, 0.2) is 0 Å². The molecule has 0 N–H and O–H groups in total. The van der Waals surface area contributed by atoms with Crippen LogP contribution in [0.15, 0.2) is 17.2 Å². The van der Waals surface area contributed by atoms with Crippen LogP contribution in [0.1, 0.15) is 45.8 Å². The normalized spacial score (nSPS) is 10.3. The zero-order valence-corrected chi connectivity index (χ0v) is 18.0. The molecule has 0 bridgehead atoms. The van der Waals surface area contributed by atoms with Crippen molar-refractivity contribution in [1.29, 1.82) is 0 Å². The van der Waals surface area contributed by atoms with Crippen molar-refractivity contribution < 1.29 is 70.4 Å². The van der Waals surface area contributed by atoms with Crippen LogP contribution in [0.3, 0.4) is 0 Å². The summed E-state index contributed by atoms with van der Waals surface area (Å²) in [6, 6.07) is 1.93. The van der Waals surface area contributed by atoms with E-state index in [-0.39, 0.29) is 80.8 Å². The van der Waals surface area contributed by atoms with E-state index in [1.165, 1.54) is 0 Å². The van der Waals surface area contributed by atoms with E-state index in [4.69, 9.17) is 22.1 Å². The summed E-state index contributed by atoms with van der Waals surface area (Å²) in [4.78, 5) is 24.7. The van der Waals surface area contributed by atoms with Gasteiger partial charge in [0.1, 0.15) is 5.69 Å². The average Bonchev–Trinajstić information content (AvgIpc) is 2.71. The SMILES string of the molecule is CCOC(=O)c1c([S-])c(C(=O)OCC)n2cc(C)cc(C)c12.[K+]. The van der Waals surface area contributed by atoms with Gasteiger partial charge >= 0.3 is 63.3 Å². The number of esters is 2. The molecule has 0 atom stereocenters. The number of pyridine rings is 1. The molecule has 0 fully saturated rings. The average molecular weight is 359 g/mol. The van der Waals surface area contributed by atoms with Crippen molar-refractivity contribution in [2.24, 2.45) is 0 Å². The van der Waals surface area contributed by atoms with Crippen molar-refractivity contribution >= 4 is 30.1 Å². The molecule has 0 saturated heterocycles. The first-order chi connectivity index (χ1) is 10.4. The van der Waals surface area contributed by atoms with Gasteiger partial charge in [0.25, 0.3) is 0 Å². The number of hydrogen-bond acceptors (Lipinski definition) is 5. The first kappa shape index (κ1) is 20.6. The molecule has 7 heteroatoms. The fourth-order valence-electron chi connectivity index (χ4n) is 2.52. The van der Waals surface area contributed by atoms with Gasteiger partial charge in [-0.05, 0) is 38.8 Å². The molecule has 0 amide bonds. The molecule has 23 heavy (non-hydrogen) atoms. The predicted molar refractivity (Wildman–Crippen MR) is 84.4 cm³/mol. The van der Waals surface area contributed by atoms with Gasteiger partial charge < -0.3 is 26.5 Å². The summed E-state index contributed by atoms with van der Waals surface area (Å²) in [5.41, 5.74) is 2.84. The van der Waals surface area contributed by atoms with Crippen LogP contribution in [0.2, 0.25) is 0 Å². The molecule has 2 rings (SSSR count). The van der Waals surface area contributed by atoms with Crippen molar-refractivity contribution in [2.45, 2.75) is 32.6 Å². The van der Waals surface area contributed by atoms with Crippen molar-refractivity contribution in [3.63, 3.8) is 0 Å². The third-order valence-corrected chi connectivity index (χ3v) is 3.66. The summed E-state index contributed by atoms with van der Waals surface area (Å²) >= 11 is 5.35. The molecule has 0 spiro atoms. The predicted octanol–water partition coefficient (Wildman–Crippen LogP) is -0.181. The fraction of sp³-hybridized carbons (Fsp3) is 0.375. The van der Waals surface area contributed by atoms with Crippen LogP contribution in [0, 0.1) is 13.8 Å². The van der Waals surface area contributed by atoms with E-state index < -0.39 is 11.9 Å². The van der Waals surface area contributed by atoms with Gasteiger partial charge in [-0.25, -0.2) is 9.59 Å². The zero-order chi connectivity index (χ0) is 16.4. The maximum atomic E-state index is 12.3. The van der Waals surface area contributed by atoms with Gasteiger partial charge in [0.2, 0.25) is 0 Å². The molecule has 2 aromatic rings. The van der Waals surface area contributed by atoms with Crippen LogP contribution in [0.25, 0.3) is 5.52 Å². The Morgan fingerprint density at radius 2 is 1.70 bits per heavy atom. The van der Waals surface area contributed by atoms with Gasteiger partial charge in [0.05, 0.1) is 24.3 Å². The van der Waals surface area contributed by atoms with E-state index in [2.05, 4.69) is 0 Å². The van der Waals surface area contributed by atoms with E-state index in [0.29, 0.717) is 5.52 Å². The van der Waals surface area contributed by atoms with Gasteiger partial charge in [-0.1, -0.05) is 6.07 Å². The van der Waals surface area contributed by atoms with E-state index in [1.807, 2.05) is 19.9 Å². The molecule has 0 aliphatic heterocycles. The maximum Gasteiger partial charge on any atom is 1.00 e. The third-order valence-electron chi connectivity index (χ3n) is 3.26. The van der Waals surface area contributed by atoms with E-state index in [0.717, 1.165) is 11.1 Å². The minimum Gasteiger partial charge on any atom is -0.777 e. The summed E-state index contributed by atoms with van der Waals surface area (Å²) in [6.07, 6.45) is 1.77. The van der Waals surface area contributed by atoms with E-state index in [1.54, 1.807) is 24.4 Å². The zero-order valence-electron chi connectivity index (χ0n) is 14.1. The monoisotopic (exact) mass is 359 g/mol. The molecule has 5 nitrogen and oxygen atoms in total. The smallest absolute Gasteiger partial charge is 0.777 e. The summed E-state index contributed by atoms with van der Waals surface area (Å²) in [7, 11) is 0. The summed E-state index contributed by atoms with van der Waals surface area (Å²) in [5.74, 6) is -1.06. The van der Waals surface area contributed by atoms with Crippen molar-refractivity contribution in [2.75, 3.05) is 13.2 Å². The first-order valence-electron chi connectivity index (χ1n) is 7.08. The Morgan fingerprint density at radius 3 is 2.26 bits per heavy atom. The summed E-state index contributed by atoms with van der Waals surface area (Å²) in [6.45, 7) is 7.70. The van der Waals surface area contributed by atoms with Crippen LogP contribution in [-0.4, -0.2) is 29.6 Å². The topological polar surface area (TPSA) is 57.0 Å². The Hall–Kier alpha value is -0.444. The van der Waals surface area contributed by atoms with Crippen molar-refractivity contribution in [3.8, 4) is 0 Å². The van der Waals surface area contributed by atoms with Crippen LogP contribution in [0.4, 0.5) is 0 Å². The van der Waals surface area contributed by atoms with Gasteiger partial charge in [-0.3, -0.25) is 0 Å². The molecular formula is C16H18KNO4S. The molecule has 0 aromatic carbocycles. The van der Waals surface area contributed by atoms with Crippen LogP contribution in [-0.2, 0) is 22.1 Å².